The van der Waals surface area contributed by atoms with E-state index >= 15 is 0 Å². The number of aromatic nitrogens is 2. The predicted molar refractivity (Wildman–Crippen MR) is 98.4 cm³/mol. The molecule has 4 rings (SSSR count). The van der Waals surface area contributed by atoms with Crippen LogP contribution in [0.1, 0.15) is 4.88 Å². The lowest BCUT2D eigenvalue weighted by atomic mass is 10.1. The van der Waals surface area contributed by atoms with E-state index in [0.29, 0.717) is 0 Å². The first-order valence-corrected chi connectivity index (χ1v) is 8.78. The highest BCUT2D eigenvalue weighted by Gasteiger charge is 2.12. The van der Waals surface area contributed by atoms with Gasteiger partial charge < -0.3 is 0 Å². The minimum atomic E-state index is 0.725. The van der Waals surface area contributed by atoms with Crippen molar-refractivity contribution in [3.8, 4) is 11.1 Å². The Balaban J connectivity index is 1.73. The molecule has 4 aromatic rings. The fraction of sp³-hybridized carbons (Fsp3) is 0. The summed E-state index contributed by atoms with van der Waals surface area (Å²) in [5, 5.41) is 9.44. The molecule has 0 aliphatic rings. The number of nitrogens with one attached hydrogen (secondary N) is 1. The Bertz CT molecular complexity index is 943. The van der Waals surface area contributed by atoms with Gasteiger partial charge in [0.15, 0.2) is 5.82 Å². The molecule has 0 radical (unpaired) electrons. The van der Waals surface area contributed by atoms with Crippen molar-refractivity contribution in [2.24, 2.45) is 5.10 Å². The molecule has 0 unspecified atom stereocenters. The third-order valence-electron chi connectivity index (χ3n) is 3.36. The second-order valence-electron chi connectivity index (χ2n) is 4.80. The van der Waals surface area contributed by atoms with Crippen LogP contribution < -0.4 is 5.43 Å². The fourth-order valence-corrected chi connectivity index (χ4v) is 3.81. The first kappa shape index (κ1) is 14.0. The monoisotopic (exact) mass is 336 g/mol. The van der Waals surface area contributed by atoms with Gasteiger partial charge in [-0.1, -0.05) is 36.4 Å². The van der Waals surface area contributed by atoms with Crippen LogP contribution in [0.15, 0.2) is 64.7 Å². The van der Waals surface area contributed by atoms with Crippen LogP contribution in [0.5, 0.6) is 0 Å². The number of rotatable bonds is 4. The van der Waals surface area contributed by atoms with Gasteiger partial charge in [-0.15, -0.1) is 22.7 Å². The second kappa shape index (κ2) is 6.28. The first-order valence-electron chi connectivity index (χ1n) is 7.02. The molecule has 0 saturated heterocycles. The average Bonchev–Trinajstić information content (AvgIpc) is 3.25. The minimum absolute atomic E-state index is 0.725. The van der Waals surface area contributed by atoms with E-state index in [9.17, 15) is 0 Å². The summed E-state index contributed by atoms with van der Waals surface area (Å²) in [6, 6.07) is 14.3. The topological polar surface area (TPSA) is 50.2 Å². The van der Waals surface area contributed by atoms with Gasteiger partial charge in [0.1, 0.15) is 11.2 Å². The van der Waals surface area contributed by atoms with Crippen molar-refractivity contribution in [3.05, 3.63) is 64.4 Å². The van der Waals surface area contributed by atoms with E-state index in [4.69, 9.17) is 0 Å². The second-order valence-corrected chi connectivity index (χ2v) is 6.64. The summed E-state index contributed by atoms with van der Waals surface area (Å²) in [6.07, 6.45) is 3.36. The molecule has 0 amide bonds. The van der Waals surface area contributed by atoms with E-state index in [1.165, 1.54) is 0 Å². The number of benzene rings is 1. The zero-order valence-electron chi connectivity index (χ0n) is 12.0. The van der Waals surface area contributed by atoms with Gasteiger partial charge in [-0.2, -0.15) is 5.10 Å². The normalized spacial score (nSPS) is 11.3. The molecule has 3 heterocycles. The molecule has 1 aromatic carbocycles. The zero-order valence-corrected chi connectivity index (χ0v) is 13.6. The maximum absolute atomic E-state index is 4.36. The first-order chi connectivity index (χ1) is 11.4. The van der Waals surface area contributed by atoms with Gasteiger partial charge >= 0.3 is 0 Å². The van der Waals surface area contributed by atoms with Crippen molar-refractivity contribution >= 4 is 44.9 Å². The van der Waals surface area contributed by atoms with Gasteiger partial charge in [0.05, 0.1) is 11.6 Å². The smallest absolute Gasteiger partial charge is 0.159 e. The number of hydrogen-bond acceptors (Lipinski definition) is 6. The van der Waals surface area contributed by atoms with Crippen LogP contribution in [0.2, 0.25) is 0 Å². The Kier molecular flexibility index (Phi) is 3.83. The predicted octanol–water partition coefficient (Wildman–Crippen LogP) is 4.87. The molecular weight excluding hydrogens is 324 g/mol. The van der Waals surface area contributed by atoms with Crippen LogP contribution in [-0.2, 0) is 0 Å². The molecule has 6 heteroatoms. The van der Waals surface area contributed by atoms with E-state index in [1.807, 2.05) is 35.7 Å². The Morgan fingerprint density at radius 3 is 2.74 bits per heavy atom. The van der Waals surface area contributed by atoms with Gasteiger partial charge in [-0.3, -0.25) is 5.43 Å². The molecule has 0 spiro atoms. The van der Waals surface area contributed by atoms with E-state index in [-0.39, 0.29) is 0 Å². The molecule has 112 valence electrons. The molecule has 0 aliphatic heterocycles. The van der Waals surface area contributed by atoms with Crippen LogP contribution in [0.4, 0.5) is 5.82 Å². The standard InChI is InChI=1S/C17H12N4S2/c1-2-5-12(6-3-1)14-10-23-17-15(14)16(18-11-19-17)21-20-9-13-7-4-8-22-13/h1-11H,(H,18,19,21)/b20-9+. The van der Waals surface area contributed by atoms with Crippen molar-refractivity contribution < 1.29 is 0 Å². The van der Waals surface area contributed by atoms with E-state index < -0.39 is 0 Å². The highest BCUT2D eigenvalue weighted by Crippen LogP contribution is 2.36. The van der Waals surface area contributed by atoms with Gasteiger partial charge in [0.25, 0.3) is 0 Å². The molecule has 23 heavy (non-hydrogen) atoms. The fourth-order valence-electron chi connectivity index (χ4n) is 2.31. The van der Waals surface area contributed by atoms with Crippen molar-refractivity contribution in [1.29, 1.82) is 0 Å². The third kappa shape index (κ3) is 2.86. The third-order valence-corrected chi connectivity index (χ3v) is 5.05. The quantitative estimate of drug-likeness (QED) is 0.427. The van der Waals surface area contributed by atoms with Crippen LogP contribution >= 0.6 is 22.7 Å². The molecular formula is C17H12N4S2. The Morgan fingerprint density at radius 2 is 1.91 bits per heavy atom. The highest BCUT2D eigenvalue weighted by molar-refractivity contribution is 7.17. The summed E-state index contributed by atoms with van der Waals surface area (Å²) < 4.78 is 0. The van der Waals surface area contributed by atoms with Crippen LogP contribution in [0, 0.1) is 0 Å². The maximum atomic E-state index is 4.36. The summed E-state index contributed by atoms with van der Waals surface area (Å²) >= 11 is 3.26. The van der Waals surface area contributed by atoms with Crippen molar-refractivity contribution in [3.63, 3.8) is 0 Å². The number of hydrogen-bond donors (Lipinski definition) is 1. The molecule has 3 aromatic heterocycles. The van der Waals surface area contributed by atoms with E-state index in [2.05, 4.69) is 38.0 Å². The maximum Gasteiger partial charge on any atom is 0.159 e. The Morgan fingerprint density at radius 1 is 1.00 bits per heavy atom. The molecule has 0 bridgehead atoms. The van der Waals surface area contributed by atoms with E-state index in [0.717, 1.165) is 32.0 Å². The Labute approximate surface area is 141 Å². The number of nitrogens with zero attached hydrogens (tertiary/aromatic N) is 3. The van der Waals surface area contributed by atoms with E-state index in [1.54, 1.807) is 35.2 Å². The van der Waals surface area contributed by atoms with Gasteiger partial charge in [-0.25, -0.2) is 9.97 Å². The van der Waals surface area contributed by atoms with Crippen LogP contribution in [-0.4, -0.2) is 16.2 Å². The van der Waals surface area contributed by atoms with Gasteiger partial charge in [-0.05, 0) is 17.0 Å². The number of hydrazone groups is 1. The summed E-state index contributed by atoms with van der Waals surface area (Å²) in [4.78, 5) is 10.8. The van der Waals surface area contributed by atoms with Crippen LogP contribution in [0.25, 0.3) is 21.3 Å². The zero-order chi connectivity index (χ0) is 15.5. The molecule has 0 atom stereocenters. The molecule has 0 saturated carbocycles. The molecule has 1 N–H and O–H groups in total. The number of anilines is 1. The highest BCUT2D eigenvalue weighted by atomic mass is 32.1. The Hall–Kier alpha value is -2.57. The summed E-state index contributed by atoms with van der Waals surface area (Å²) in [7, 11) is 0. The van der Waals surface area contributed by atoms with Gasteiger partial charge in [0.2, 0.25) is 0 Å². The van der Waals surface area contributed by atoms with Crippen molar-refractivity contribution in [2.45, 2.75) is 0 Å². The lowest BCUT2D eigenvalue weighted by molar-refractivity contribution is 1.19. The largest absolute Gasteiger partial charge is 0.261 e. The van der Waals surface area contributed by atoms with Crippen molar-refractivity contribution in [1.82, 2.24) is 9.97 Å². The summed E-state index contributed by atoms with van der Waals surface area (Å²) in [5.41, 5.74) is 5.33. The lowest BCUT2D eigenvalue weighted by Crippen LogP contribution is -1.95. The SMILES string of the molecule is C(=N\Nc1ncnc2scc(-c3ccccc3)c12)/c1cccs1. The number of thiophene rings is 2. The van der Waals surface area contributed by atoms with Crippen LogP contribution in [0.3, 0.4) is 0 Å². The minimum Gasteiger partial charge on any atom is -0.261 e. The van der Waals surface area contributed by atoms with Gasteiger partial charge in [0, 0.05) is 15.8 Å². The van der Waals surface area contributed by atoms with Crippen molar-refractivity contribution in [2.75, 3.05) is 5.43 Å². The lowest BCUT2D eigenvalue weighted by Gasteiger charge is -2.04. The molecule has 0 aliphatic carbocycles. The summed E-state index contributed by atoms with van der Waals surface area (Å²) in [5.74, 6) is 0.725. The molecule has 0 fully saturated rings. The molecule has 4 nitrogen and oxygen atoms in total. The number of fused-ring (bicyclic) bond motifs is 1. The summed E-state index contributed by atoms with van der Waals surface area (Å²) in [6.45, 7) is 0. The average molecular weight is 336 g/mol.